The molecular formula is C25H18Br2N2O6. The fourth-order valence-corrected chi connectivity index (χ4v) is 4.17. The number of methoxy groups -OCH3 is 1. The lowest BCUT2D eigenvalue weighted by molar-refractivity contribution is -0.385. The van der Waals surface area contributed by atoms with Crippen LogP contribution in [0, 0.1) is 17.0 Å². The fourth-order valence-electron chi connectivity index (χ4n) is 3.33. The molecule has 1 aliphatic heterocycles. The van der Waals surface area contributed by atoms with Crippen molar-refractivity contribution in [1.82, 2.24) is 0 Å². The molecule has 0 unspecified atom stereocenters. The number of nitro benzene ring substituents is 1. The van der Waals surface area contributed by atoms with Crippen LogP contribution >= 0.6 is 31.9 Å². The molecule has 0 saturated carbocycles. The summed E-state index contributed by atoms with van der Waals surface area (Å²) in [6.07, 6.45) is 1.55. The number of aliphatic imine (C=N–C) groups is 1. The van der Waals surface area contributed by atoms with Gasteiger partial charge in [-0.3, -0.25) is 10.1 Å². The molecule has 3 aromatic rings. The van der Waals surface area contributed by atoms with Crippen LogP contribution in [0.15, 0.2) is 74.2 Å². The standard InChI is InChI=1S/C25H18Br2N2O6/c1-14-3-6-17(12-21(14)29(31)32)24-28-20(25(30)35-24)10-16-9-19(27)23(22(11-16)33-2)34-13-15-4-7-18(26)8-5-15/h3-12H,13H2,1-2H3/b20-10-. The van der Waals surface area contributed by atoms with Crippen LogP contribution in [0.2, 0.25) is 0 Å². The van der Waals surface area contributed by atoms with Crippen LogP contribution in [0.1, 0.15) is 22.3 Å². The van der Waals surface area contributed by atoms with Crippen molar-refractivity contribution in [3.63, 3.8) is 0 Å². The van der Waals surface area contributed by atoms with E-state index in [-0.39, 0.29) is 17.3 Å². The number of cyclic esters (lactones) is 1. The molecule has 0 aromatic heterocycles. The second kappa shape index (κ2) is 10.4. The smallest absolute Gasteiger partial charge is 0.363 e. The van der Waals surface area contributed by atoms with Gasteiger partial charge in [0.2, 0.25) is 5.90 Å². The van der Waals surface area contributed by atoms with Gasteiger partial charge in [-0.2, -0.15) is 0 Å². The third kappa shape index (κ3) is 5.60. The summed E-state index contributed by atoms with van der Waals surface area (Å²) in [5.41, 5.74) is 2.43. The van der Waals surface area contributed by atoms with E-state index in [1.165, 1.54) is 13.2 Å². The van der Waals surface area contributed by atoms with E-state index in [2.05, 4.69) is 36.9 Å². The predicted molar refractivity (Wildman–Crippen MR) is 138 cm³/mol. The van der Waals surface area contributed by atoms with Crippen molar-refractivity contribution >= 4 is 55.5 Å². The first kappa shape index (κ1) is 24.6. The summed E-state index contributed by atoms with van der Waals surface area (Å²) >= 11 is 6.92. The lowest BCUT2D eigenvalue weighted by atomic mass is 10.1. The summed E-state index contributed by atoms with van der Waals surface area (Å²) < 4.78 is 18.3. The minimum atomic E-state index is -0.658. The monoisotopic (exact) mass is 600 g/mol. The summed E-state index contributed by atoms with van der Waals surface area (Å²) in [6, 6.07) is 15.8. The molecule has 35 heavy (non-hydrogen) atoms. The van der Waals surface area contributed by atoms with Crippen LogP contribution in [0.25, 0.3) is 6.08 Å². The van der Waals surface area contributed by atoms with E-state index < -0.39 is 10.9 Å². The Balaban J connectivity index is 1.60. The SMILES string of the molecule is COc1cc(/C=C2\N=C(c3ccc(C)c([N+](=O)[O-])c3)OC2=O)cc(Br)c1OCc1ccc(Br)cc1. The Kier molecular flexibility index (Phi) is 7.32. The van der Waals surface area contributed by atoms with Crippen molar-refractivity contribution in [3.8, 4) is 11.5 Å². The van der Waals surface area contributed by atoms with Gasteiger partial charge in [0, 0.05) is 21.7 Å². The average molecular weight is 602 g/mol. The van der Waals surface area contributed by atoms with Crippen molar-refractivity contribution in [2.45, 2.75) is 13.5 Å². The maximum Gasteiger partial charge on any atom is 0.363 e. The molecule has 178 valence electrons. The van der Waals surface area contributed by atoms with Gasteiger partial charge in [-0.15, -0.1) is 0 Å². The van der Waals surface area contributed by atoms with Crippen molar-refractivity contribution in [2.75, 3.05) is 7.11 Å². The maximum atomic E-state index is 12.4. The molecule has 1 aliphatic rings. The van der Waals surface area contributed by atoms with E-state index in [0.29, 0.717) is 39.3 Å². The minimum absolute atomic E-state index is 0.00447. The second-order valence-electron chi connectivity index (χ2n) is 7.54. The molecule has 10 heteroatoms. The highest BCUT2D eigenvalue weighted by Crippen LogP contribution is 2.38. The molecule has 1 heterocycles. The first-order valence-electron chi connectivity index (χ1n) is 10.3. The van der Waals surface area contributed by atoms with Crippen molar-refractivity contribution < 1.29 is 23.9 Å². The molecule has 0 saturated heterocycles. The van der Waals surface area contributed by atoms with Crippen LogP contribution in [-0.2, 0) is 16.1 Å². The highest BCUT2D eigenvalue weighted by atomic mass is 79.9. The number of ether oxygens (including phenoxy) is 3. The van der Waals surface area contributed by atoms with Crippen molar-refractivity contribution in [2.24, 2.45) is 4.99 Å². The number of aryl methyl sites for hydroxylation is 1. The van der Waals surface area contributed by atoms with Gasteiger partial charge in [0.15, 0.2) is 17.2 Å². The minimum Gasteiger partial charge on any atom is -0.493 e. The summed E-state index contributed by atoms with van der Waals surface area (Å²) in [4.78, 5) is 27.4. The van der Waals surface area contributed by atoms with Gasteiger partial charge in [0.05, 0.1) is 16.5 Å². The predicted octanol–water partition coefficient (Wildman–Crippen LogP) is 6.36. The Morgan fingerprint density at radius 2 is 1.86 bits per heavy atom. The zero-order chi connectivity index (χ0) is 25.1. The van der Waals surface area contributed by atoms with Gasteiger partial charge in [-0.25, -0.2) is 9.79 Å². The Bertz CT molecular complexity index is 1380. The van der Waals surface area contributed by atoms with Gasteiger partial charge in [0.25, 0.3) is 5.69 Å². The number of hydrogen-bond donors (Lipinski definition) is 0. The zero-order valence-corrected chi connectivity index (χ0v) is 21.8. The Morgan fingerprint density at radius 3 is 2.54 bits per heavy atom. The lowest BCUT2D eigenvalue weighted by Gasteiger charge is -2.14. The lowest BCUT2D eigenvalue weighted by Crippen LogP contribution is -2.06. The van der Waals surface area contributed by atoms with Crippen LogP contribution in [0.5, 0.6) is 11.5 Å². The fraction of sp³-hybridized carbons (Fsp3) is 0.120. The third-order valence-corrected chi connectivity index (χ3v) is 6.24. The van der Waals surface area contributed by atoms with Crippen LogP contribution in [-0.4, -0.2) is 23.9 Å². The number of benzene rings is 3. The Morgan fingerprint density at radius 1 is 1.11 bits per heavy atom. The number of nitro groups is 1. The second-order valence-corrected chi connectivity index (χ2v) is 9.31. The van der Waals surface area contributed by atoms with E-state index in [9.17, 15) is 14.9 Å². The quantitative estimate of drug-likeness (QED) is 0.135. The zero-order valence-electron chi connectivity index (χ0n) is 18.6. The largest absolute Gasteiger partial charge is 0.493 e. The number of esters is 1. The normalized spacial score (nSPS) is 14.0. The summed E-state index contributed by atoms with van der Waals surface area (Å²) in [7, 11) is 1.52. The molecule has 0 bridgehead atoms. The number of carbonyl (C=O) groups is 1. The Labute approximate surface area is 217 Å². The van der Waals surface area contributed by atoms with E-state index in [1.807, 2.05) is 24.3 Å². The van der Waals surface area contributed by atoms with E-state index in [4.69, 9.17) is 14.2 Å². The van der Waals surface area contributed by atoms with Gasteiger partial charge in [-0.05, 0) is 70.4 Å². The number of carbonyl (C=O) groups excluding carboxylic acids is 1. The topological polar surface area (TPSA) is 100 Å². The molecule has 4 rings (SSSR count). The van der Waals surface area contributed by atoms with Gasteiger partial charge >= 0.3 is 5.97 Å². The van der Waals surface area contributed by atoms with Gasteiger partial charge in [-0.1, -0.05) is 34.1 Å². The maximum absolute atomic E-state index is 12.4. The Hall–Kier alpha value is -3.50. The van der Waals surface area contributed by atoms with Gasteiger partial charge in [0.1, 0.15) is 6.61 Å². The molecule has 0 amide bonds. The molecule has 0 atom stereocenters. The van der Waals surface area contributed by atoms with Crippen LogP contribution < -0.4 is 9.47 Å². The first-order chi connectivity index (χ1) is 16.7. The van der Waals surface area contributed by atoms with Crippen molar-refractivity contribution in [1.29, 1.82) is 0 Å². The van der Waals surface area contributed by atoms with Crippen molar-refractivity contribution in [3.05, 3.63) is 102 Å². The summed E-state index contributed by atoms with van der Waals surface area (Å²) in [6.45, 7) is 1.97. The molecule has 0 spiro atoms. The van der Waals surface area contributed by atoms with Crippen LogP contribution in [0.3, 0.4) is 0 Å². The number of nitrogens with zero attached hydrogens (tertiary/aromatic N) is 2. The number of rotatable bonds is 7. The summed E-state index contributed by atoms with van der Waals surface area (Å²) in [5, 5.41) is 11.2. The average Bonchev–Trinajstić information content (AvgIpc) is 3.19. The van der Waals surface area contributed by atoms with Gasteiger partial charge < -0.3 is 14.2 Å². The number of halogens is 2. The molecule has 0 N–H and O–H groups in total. The van der Waals surface area contributed by atoms with E-state index in [1.54, 1.807) is 37.3 Å². The molecule has 0 fully saturated rings. The highest BCUT2D eigenvalue weighted by molar-refractivity contribution is 9.10. The first-order valence-corrected chi connectivity index (χ1v) is 11.9. The molecule has 3 aromatic carbocycles. The van der Waals surface area contributed by atoms with E-state index in [0.717, 1.165) is 10.0 Å². The molecule has 8 nitrogen and oxygen atoms in total. The molecule has 0 radical (unpaired) electrons. The van der Waals surface area contributed by atoms with Crippen LogP contribution in [0.4, 0.5) is 5.69 Å². The third-order valence-electron chi connectivity index (χ3n) is 5.12. The van der Waals surface area contributed by atoms with E-state index >= 15 is 0 Å². The number of hydrogen-bond acceptors (Lipinski definition) is 7. The molecular weight excluding hydrogens is 584 g/mol. The highest BCUT2D eigenvalue weighted by Gasteiger charge is 2.26. The molecule has 0 aliphatic carbocycles. The summed E-state index contributed by atoms with van der Waals surface area (Å²) in [5.74, 6) is 0.328.